The van der Waals surface area contributed by atoms with Crippen LogP contribution in [-0.2, 0) is 11.8 Å². The van der Waals surface area contributed by atoms with E-state index >= 15 is 0 Å². The van der Waals surface area contributed by atoms with E-state index in [2.05, 4.69) is 10.5 Å². The molecule has 2 rings (SSSR count). The Morgan fingerprint density at radius 3 is 2.94 bits per heavy atom. The van der Waals surface area contributed by atoms with Crippen molar-refractivity contribution in [1.82, 2.24) is 9.99 Å². The lowest BCUT2D eigenvalue weighted by Crippen LogP contribution is -2.22. The van der Waals surface area contributed by atoms with Gasteiger partial charge >= 0.3 is 0 Å². The molecule has 0 atom stereocenters. The minimum atomic E-state index is -0.0371. The number of carbonyl (C=O) groups excluding carboxylic acids is 1. The van der Waals surface area contributed by atoms with E-state index in [1.807, 2.05) is 42.8 Å². The molecule has 5 heteroatoms. The average molecular weight is 249 g/mol. The Bertz CT molecular complexity index is 597. The molecule has 0 aliphatic carbocycles. The van der Waals surface area contributed by atoms with E-state index in [-0.39, 0.29) is 5.91 Å². The summed E-state index contributed by atoms with van der Waals surface area (Å²) < 4.78 is 3.14. The van der Waals surface area contributed by atoms with Crippen LogP contribution in [0.4, 0.5) is 0 Å². The Morgan fingerprint density at radius 1 is 1.47 bits per heavy atom. The number of rotatable bonds is 3. The molecule has 0 bridgehead atoms. The Labute approximate surface area is 104 Å². The molecule has 1 N–H and O–H groups in total. The van der Waals surface area contributed by atoms with Crippen molar-refractivity contribution < 1.29 is 4.79 Å². The third-order valence-electron chi connectivity index (χ3n) is 2.47. The SMILES string of the molecule is CCCC(=O)N/N=c1\sc2ccccc2n1C. The standard InChI is InChI=1S/C12H15N3OS/c1-3-6-11(16)13-14-12-15(2)9-7-4-5-8-10(9)17-12/h4-5,7-8H,3,6H2,1-2H3,(H,13,16)/b14-12-. The lowest BCUT2D eigenvalue weighted by molar-refractivity contribution is -0.121. The monoisotopic (exact) mass is 249 g/mol. The minimum Gasteiger partial charge on any atom is -0.318 e. The molecule has 0 radical (unpaired) electrons. The summed E-state index contributed by atoms with van der Waals surface area (Å²) in [6.07, 6.45) is 1.35. The molecule has 0 saturated heterocycles. The summed E-state index contributed by atoms with van der Waals surface area (Å²) in [5.41, 5.74) is 3.70. The van der Waals surface area contributed by atoms with E-state index < -0.39 is 0 Å². The van der Waals surface area contributed by atoms with Crippen molar-refractivity contribution in [2.45, 2.75) is 19.8 Å². The van der Waals surface area contributed by atoms with Crippen LogP contribution < -0.4 is 10.2 Å². The molecule has 0 aliphatic rings. The topological polar surface area (TPSA) is 46.4 Å². The first kappa shape index (κ1) is 11.9. The van der Waals surface area contributed by atoms with Crippen LogP contribution in [0.3, 0.4) is 0 Å². The lowest BCUT2D eigenvalue weighted by Gasteiger charge is -1.96. The van der Waals surface area contributed by atoms with Crippen molar-refractivity contribution in [3.8, 4) is 0 Å². The first-order chi connectivity index (χ1) is 8.22. The Morgan fingerprint density at radius 2 is 2.24 bits per heavy atom. The first-order valence-corrected chi connectivity index (χ1v) is 6.41. The summed E-state index contributed by atoms with van der Waals surface area (Å²) in [5, 5.41) is 4.14. The molecule has 4 nitrogen and oxygen atoms in total. The third-order valence-corrected chi connectivity index (χ3v) is 3.58. The Balaban J connectivity index is 2.32. The second-order valence-electron chi connectivity index (χ2n) is 3.81. The molecule has 0 saturated carbocycles. The van der Waals surface area contributed by atoms with E-state index in [4.69, 9.17) is 0 Å². The predicted octanol–water partition coefficient (Wildman–Crippen LogP) is 1.97. The third kappa shape index (κ3) is 2.55. The molecular weight excluding hydrogens is 234 g/mol. The van der Waals surface area contributed by atoms with Gasteiger partial charge in [-0.15, -0.1) is 5.10 Å². The Hall–Kier alpha value is -1.62. The highest BCUT2D eigenvalue weighted by molar-refractivity contribution is 7.16. The molecule has 1 aromatic carbocycles. The normalized spacial score (nSPS) is 12.0. The van der Waals surface area contributed by atoms with Crippen LogP contribution in [0.25, 0.3) is 10.2 Å². The molecule has 0 spiro atoms. The zero-order valence-electron chi connectivity index (χ0n) is 9.93. The van der Waals surface area contributed by atoms with E-state index in [9.17, 15) is 4.79 Å². The summed E-state index contributed by atoms with van der Waals surface area (Å²) in [6.45, 7) is 1.97. The van der Waals surface area contributed by atoms with Crippen LogP contribution in [0, 0.1) is 0 Å². The van der Waals surface area contributed by atoms with Gasteiger partial charge in [0.1, 0.15) is 0 Å². The Kier molecular flexibility index (Phi) is 3.58. The number of aromatic nitrogens is 1. The number of hydrogen-bond acceptors (Lipinski definition) is 3. The molecule has 90 valence electrons. The van der Waals surface area contributed by atoms with Gasteiger partial charge in [0.2, 0.25) is 10.7 Å². The van der Waals surface area contributed by atoms with Crippen molar-refractivity contribution in [2.75, 3.05) is 0 Å². The number of aryl methyl sites for hydroxylation is 1. The summed E-state index contributed by atoms with van der Waals surface area (Å²) >= 11 is 1.57. The maximum absolute atomic E-state index is 11.3. The van der Waals surface area contributed by atoms with Gasteiger partial charge in [-0.25, -0.2) is 5.43 Å². The number of benzene rings is 1. The summed E-state index contributed by atoms with van der Waals surface area (Å²) in [7, 11) is 1.95. The highest BCUT2D eigenvalue weighted by Gasteiger charge is 2.02. The van der Waals surface area contributed by atoms with Gasteiger partial charge < -0.3 is 4.57 Å². The largest absolute Gasteiger partial charge is 0.318 e. The molecule has 2 aromatic rings. The van der Waals surface area contributed by atoms with E-state index in [1.165, 1.54) is 4.70 Å². The number of fused-ring (bicyclic) bond motifs is 1. The summed E-state index contributed by atoms with van der Waals surface area (Å²) in [5.74, 6) is -0.0371. The van der Waals surface area contributed by atoms with Crippen LogP contribution in [0.1, 0.15) is 19.8 Å². The van der Waals surface area contributed by atoms with Gasteiger partial charge in [-0.3, -0.25) is 4.79 Å². The fraction of sp³-hybridized carbons (Fsp3) is 0.333. The molecule has 0 unspecified atom stereocenters. The van der Waals surface area contributed by atoms with Crippen molar-refractivity contribution >= 4 is 27.5 Å². The molecule has 0 aliphatic heterocycles. The molecule has 1 heterocycles. The number of carbonyl (C=O) groups is 1. The number of amides is 1. The van der Waals surface area contributed by atoms with Gasteiger partial charge in [0.15, 0.2) is 0 Å². The number of para-hydroxylation sites is 1. The summed E-state index contributed by atoms with van der Waals surface area (Å²) in [6, 6.07) is 8.08. The van der Waals surface area contributed by atoms with Crippen LogP contribution in [0.15, 0.2) is 29.4 Å². The van der Waals surface area contributed by atoms with Gasteiger partial charge in [0.05, 0.1) is 10.2 Å². The number of nitrogens with zero attached hydrogens (tertiary/aromatic N) is 2. The van der Waals surface area contributed by atoms with Gasteiger partial charge in [0.25, 0.3) is 0 Å². The van der Waals surface area contributed by atoms with Crippen LogP contribution in [0.2, 0.25) is 0 Å². The highest BCUT2D eigenvalue weighted by Crippen LogP contribution is 2.14. The van der Waals surface area contributed by atoms with E-state index in [0.29, 0.717) is 6.42 Å². The van der Waals surface area contributed by atoms with Crippen molar-refractivity contribution in [1.29, 1.82) is 0 Å². The maximum atomic E-state index is 11.3. The molecular formula is C12H15N3OS. The molecule has 0 fully saturated rings. The van der Waals surface area contributed by atoms with Gasteiger partial charge in [0, 0.05) is 13.5 Å². The van der Waals surface area contributed by atoms with Crippen LogP contribution in [0.5, 0.6) is 0 Å². The van der Waals surface area contributed by atoms with Crippen molar-refractivity contribution in [2.24, 2.45) is 12.1 Å². The zero-order chi connectivity index (χ0) is 12.3. The van der Waals surface area contributed by atoms with Crippen LogP contribution in [-0.4, -0.2) is 10.5 Å². The van der Waals surface area contributed by atoms with E-state index in [0.717, 1.165) is 16.7 Å². The van der Waals surface area contributed by atoms with Gasteiger partial charge in [-0.05, 0) is 18.6 Å². The first-order valence-electron chi connectivity index (χ1n) is 5.59. The highest BCUT2D eigenvalue weighted by atomic mass is 32.1. The average Bonchev–Trinajstić information content (AvgIpc) is 2.65. The minimum absolute atomic E-state index is 0.0371. The molecule has 17 heavy (non-hydrogen) atoms. The lowest BCUT2D eigenvalue weighted by atomic mass is 10.3. The van der Waals surface area contributed by atoms with Crippen molar-refractivity contribution in [3.05, 3.63) is 29.1 Å². The fourth-order valence-electron chi connectivity index (χ4n) is 1.58. The molecule has 1 aromatic heterocycles. The van der Waals surface area contributed by atoms with Gasteiger partial charge in [-0.1, -0.05) is 30.4 Å². The fourth-order valence-corrected chi connectivity index (χ4v) is 2.56. The second-order valence-corrected chi connectivity index (χ2v) is 4.82. The maximum Gasteiger partial charge on any atom is 0.240 e. The van der Waals surface area contributed by atoms with E-state index in [1.54, 1.807) is 11.3 Å². The quantitative estimate of drug-likeness (QED) is 0.831. The van der Waals surface area contributed by atoms with Crippen LogP contribution >= 0.6 is 11.3 Å². The number of thiazole rings is 1. The zero-order valence-corrected chi connectivity index (χ0v) is 10.8. The number of nitrogens with one attached hydrogen (secondary N) is 1. The van der Waals surface area contributed by atoms with Gasteiger partial charge in [-0.2, -0.15) is 0 Å². The number of hydrogen-bond donors (Lipinski definition) is 1. The smallest absolute Gasteiger partial charge is 0.240 e. The van der Waals surface area contributed by atoms with Crippen molar-refractivity contribution in [3.63, 3.8) is 0 Å². The molecule has 1 amide bonds. The predicted molar refractivity (Wildman–Crippen MR) is 69.4 cm³/mol. The summed E-state index contributed by atoms with van der Waals surface area (Å²) in [4.78, 5) is 12.1. The second kappa shape index (κ2) is 5.14.